The van der Waals surface area contributed by atoms with Crippen LogP contribution in [0, 0.1) is 0 Å². The molecule has 0 N–H and O–H groups in total. The van der Waals surface area contributed by atoms with Crippen molar-refractivity contribution in [3.8, 4) is 17.2 Å². The van der Waals surface area contributed by atoms with Gasteiger partial charge in [-0.25, -0.2) is 0 Å². The summed E-state index contributed by atoms with van der Waals surface area (Å²) >= 11 is 3.32. The van der Waals surface area contributed by atoms with Crippen LogP contribution in [0.3, 0.4) is 0 Å². The van der Waals surface area contributed by atoms with Crippen LogP contribution < -0.4 is 14.2 Å². The smallest absolute Gasteiger partial charge is 0.161 e. The molecule has 0 aliphatic rings. The molecule has 0 aliphatic heterocycles. The third kappa shape index (κ3) is 4.49. The molecule has 0 amide bonds. The second-order valence-electron chi connectivity index (χ2n) is 4.38. The van der Waals surface area contributed by atoms with E-state index in [1.54, 1.807) is 12.1 Å². The zero-order valence-corrected chi connectivity index (χ0v) is 13.8. The molecular formula is C17H17BrO4. The van der Waals surface area contributed by atoms with Crippen molar-refractivity contribution in [2.45, 2.75) is 6.92 Å². The number of halogens is 1. The maximum absolute atomic E-state index is 11.0. The molecule has 2 aromatic carbocycles. The van der Waals surface area contributed by atoms with Crippen LogP contribution in [0.4, 0.5) is 0 Å². The number of benzene rings is 2. The quantitative estimate of drug-likeness (QED) is 0.522. The summed E-state index contributed by atoms with van der Waals surface area (Å²) < 4.78 is 17.6. The first-order valence-electron chi connectivity index (χ1n) is 6.96. The van der Waals surface area contributed by atoms with Gasteiger partial charge in [0, 0.05) is 4.47 Å². The maximum Gasteiger partial charge on any atom is 0.161 e. The van der Waals surface area contributed by atoms with Crippen molar-refractivity contribution in [3.05, 3.63) is 52.5 Å². The Hall–Kier alpha value is -2.01. The van der Waals surface area contributed by atoms with Crippen molar-refractivity contribution in [3.63, 3.8) is 0 Å². The summed E-state index contributed by atoms with van der Waals surface area (Å²) in [4.78, 5) is 11.0. The van der Waals surface area contributed by atoms with Crippen LogP contribution in [0.2, 0.25) is 0 Å². The molecule has 2 aromatic rings. The van der Waals surface area contributed by atoms with Gasteiger partial charge in [-0.2, -0.15) is 0 Å². The molecule has 116 valence electrons. The number of para-hydroxylation sites is 2. The molecule has 0 saturated carbocycles. The summed E-state index contributed by atoms with van der Waals surface area (Å²) in [7, 11) is 0. The first-order valence-corrected chi connectivity index (χ1v) is 7.76. The van der Waals surface area contributed by atoms with E-state index in [2.05, 4.69) is 15.9 Å². The van der Waals surface area contributed by atoms with Crippen molar-refractivity contribution in [2.75, 3.05) is 19.8 Å². The molecule has 0 spiro atoms. The highest BCUT2D eigenvalue weighted by molar-refractivity contribution is 9.10. The molecule has 0 saturated heterocycles. The van der Waals surface area contributed by atoms with Crippen molar-refractivity contribution in [1.29, 1.82) is 0 Å². The number of carbonyl (C=O) groups excluding carboxylic acids is 1. The van der Waals surface area contributed by atoms with Crippen molar-refractivity contribution < 1.29 is 19.0 Å². The number of aldehydes is 1. The lowest BCUT2D eigenvalue weighted by atomic mass is 10.2. The third-order valence-corrected chi connectivity index (χ3v) is 3.34. The average molecular weight is 365 g/mol. The number of hydrogen-bond donors (Lipinski definition) is 0. The number of carbonyl (C=O) groups is 1. The maximum atomic E-state index is 11.0. The average Bonchev–Trinajstić information content (AvgIpc) is 2.54. The van der Waals surface area contributed by atoms with Gasteiger partial charge in [-0.3, -0.25) is 4.79 Å². The van der Waals surface area contributed by atoms with E-state index in [1.807, 2.05) is 37.3 Å². The largest absolute Gasteiger partial charge is 0.490 e. The van der Waals surface area contributed by atoms with Gasteiger partial charge in [0.15, 0.2) is 17.8 Å². The monoisotopic (exact) mass is 364 g/mol. The molecule has 0 unspecified atom stereocenters. The van der Waals surface area contributed by atoms with Gasteiger partial charge in [0.1, 0.15) is 19.0 Å². The van der Waals surface area contributed by atoms with Gasteiger partial charge in [0.25, 0.3) is 0 Å². The lowest BCUT2D eigenvalue weighted by Gasteiger charge is -2.12. The molecule has 4 nitrogen and oxygen atoms in total. The van der Waals surface area contributed by atoms with Gasteiger partial charge < -0.3 is 14.2 Å². The van der Waals surface area contributed by atoms with E-state index in [0.717, 1.165) is 10.8 Å². The zero-order chi connectivity index (χ0) is 15.8. The molecule has 0 heterocycles. The Labute approximate surface area is 138 Å². The summed E-state index contributed by atoms with van der Waals surface area (Å²) in [5.41, 5.74) is 0.504. The molecule has 2 rings (SSSR count). The Balaban J connectivity index is 1.89. The lowest BCUT2D eigenvalue weighted by molar-refractivity contribution is 0.111. The fourth-order valence-corrected chi connectivity index (χ4v) is 2.27. The molecule has 22 heavy (non-hydrogen) atoms. The van der Waals surface area contributed by atoms with Gasteiger partial charge in [0.05, 0.1) is 12.2 Å². The zero-order valence-electron chi connectivity index (χ0n) is 12.3. The Bertz CT molecular complexity index is 628. The first-order chi connectivity index (χ1) is 10.7. The van der Waals surface area contributed by atoms with Crippen LogP contribution in [0.25, 0.3) is 0 Å². The number of ether oxygens (including phenoxy) is 3. The minimum absolute atomic E-state index is 0.336. The minimum Gasteiger partial charge on any atom is -0.490 e. The van der Waals surface area contributed by atoms with E-state index in [4.69, 9.17) is 14.2 Å². The summed E-state index contributed by atoms with van der Waals surface area (Å²) in [5, 5.41) is 0. The molecule has 0 atom stereocenters. The molecule has 5 heteroatoms. The Morgan fingerprint density at radius 3 is 2.23 bits per heavy atom. The van der Waals surface area contributed by atoms with Crippen molar-refractivity contribution in [2.24, 2.45) is 0 Å². The summed E-state index contributed by atoms with van der Waals surface area (Å²) in [6.45, 7) is 3.20. The Kier molecular flexibility index (Phi) is 6.27. The van der Waals surface area contributed by atoms with E-state index in [1.165, 1.54) is 0 Å². The highest BCUT2D eigenvalue weighted by Gasteiger charge is 2.05. The second kappa shape index (κ2) is 8.44. The highest BCUT2D eigenvalue weighted by atomic mass is 79.9. The molecule has 0 bridgehead atoms. The lowest BCUT2D eigenvalue weighted by Crippen LogP contribution is -2.10. The van der Waals surface area contributed by atoms with Gasteiger partial charge >= 0.3 is 0 Å². The van der Waals surface area contributed by atoms with E-state index in [-0.39, 0.29) is 0 Å². The first kappa shape index (κ1) is 16.4. The van der Waals surface area contributed by atoms with E-state index < -0.39 is 0 Å². The van der Waals surface area contributed by atoms with Gasteiger partial charge in [-0.15, -0.1) is 0 Å². The Morgan fingerprint density at radius 1 is 0.955 bits per heavy atom. The van der Waals surface area contributed by atoms with Gasteiger partial charge in [-0.05, 0) is 37.3 Å². The van der Waals surface area contributed by atoms with Crippen molar-refractivity contribution >= 4 is 22.2 Å². The fourth-order valence-electron chi connectivity index (χ4n) is 1.89. The third-order valence-electron chi connectivity index (χ3n) is 2.85. The van der Waals surface area contributed by atoms with Crippen LogP contribution in [-0.4, -0.2) is 26.1 Å². The predicted molar refractivity (Wildman–Crippen MR) is 88.1 cm³/mol. The number of hydrogen-bond acceptors (Lipinski definition) is 4. The topological polar surface area (TPSA) is 44.8 Å². The fraction of sp³-hybridized carbons (Fsp3) is 0.235. The molecule has 0 radical (unpaired) electrons. The summed E-state index contributed by atoms with van der Waals surface area (Å²) in [6, 6.07) is 12.8. The molecule has 0 fully saturated rings. The minimum atomic E-state index is 0.336. The van der Waals surface area contributed by atoms with Crippen LogP contribution in [0.5, 0.6) is 17.2 Å². The van der Waals surface area contributed by atoms with Gasteiger partial charge in [0.2, 0.25) is 0 Å². The molecule has 0 aromatic heterocycles. The predicted octanol–water partition coefficient (Wildman–Crippen LogP) is 4.12. The van der Waals surface area contributed by atoms with Crippen LogP contribution in [0.1, 0.15) is 17.3 Å². The Morgan fingerprint density at radius 2 is 1.59 bits per heavy atom. The van der Waals surface area contributed by atoms with Crippen LogP contribution in [-0.2, 0) is 0 Å². The van der Waals surface area contributed by atoms with Crippen LogP contribution in [0.15, 0.2) is 46.9 Å². The van der Waals surface area contributed by atoms with Gasteiger partial charge in [-0.1, -0.05) is 28.1 Å². The summed E-state index contributed by atoms with van der Waals surface area (Å²) in [5.74, 6) is 1.93. The standard InChI is InChI=1S/C17H17BrO4/c1-2-20-16-5-3-4-6-17(16)22-10-9-21-15-8-7-14(18)11-13(15)12-19/h3-8,11-12H,2,9-10H2,1H3. The SMILES string of the molecule is CCOc1ccccc1OCCOc1ccc(Br)cc1C=O. The van der Waals surface area contributed by atoms with E-state index in [0.29, 0.717) is 42.6 Å². The molecule has 0 aliphatic carbocycles. The highest BCUT2D eigenvalue weighted by Crippen LogP contribution is 2.26. The van der Waals surface area contributed by atoms with E-state index in [9.17, 15) is 4.79 Å². The molecular weight excluding hydrogens is 348 g/mol. The van der Waals surface area contributed by atoms with Crippen LogP contribution >= 0.6 is 15.9 Å². The van der Waals surface area contributed by atoms with E-state index >= 15 is 0 Å². The van der Waals surface area contributed by atoms with Crippen molar-refractivity contribution in [1.82, 2.24) is 0 Å². The second-order valence-corrected chi connectivity index (χ2v) is 5.29. The number of rotatable bonds is 8. The summed E-state index contributed by atoms with van der Waals surface area (Å²) in [6.07, 6.45) is 0.769. The normalized spacial score (nSPS) is 10.1.